The molecule has 0 unspecified atom stereocenters. The van der Waals surface area contributed by atoms with E-state index in [1.54, 1.807) is 19.1 Å². The van der Waals surface area contributed by atoms with Crippen LogP contribution in [0.4, 0.5) is 0 Å². The van der Waals surface area contributed by atoms with Crippen molar-refractivity contribution in [3.05, 3.63) is 11.4 Å². The first-order valence-corrected chi connectivity index (χ1v) is 9.77. The summed E-state index contributed by atoms with van der Waals surface area (Å²) in [5, 5.41) is 10.5. The predicted octanol–water partition coefficient (Wildman–Crippen LogP) is 2.92. The van der Waals surface area contributed by atoms with Gasteiger partial charge in [0.05, 0.1) is 24.1 Å². The smallest absolute Gasteiger partial charge is 0.234 e. The fourth-order valence-corrected chi connectivity index (χ4v) is 4.33. The van der Waals surface area contributed by atoms with Crippen LogP contribution in [0.5, 0.6) is 0 Å². The molecule has 0 bridgehead atoms. The van der Waals surface area contributed by atoms with Gasteiger partial charge in [-0.05, 0) is 26.7 Å². The van der Waals surface area contributed by atoms with Crippen LogP contribution >= 0.6 is 11.8 Å². The third-order valence-electron chi connectivity index (χ3n) is 5.17. The molecular weight excluding hydrogens is 336 g/mol. The molecule has 1 amide bonds. The number of thioether (sulfide) groups is 1. The zero-order valence-electron chi connectivity index (χ0n) is 15.7. The molecule has 0 aromatic carbocycles. The van der Waals surface area contributed by atoms with E-state index in [1.807, 2.05) is 13.8 Å². The summed E-state index contributed by atoms with van der Waals surface area (Å²) in [5.74, 6) is 0.285. The summed E-state index contributed by atoms with van der Waals surface area (Å²) in [6.45, 7) is 5.33. The molecule has 2 rings (SSSR count). The Balaban J connectivity index is 2.04. The molecular formula is C18H28N4O2S. The Hall–Kier alpha value is -1.52. The number of aryl methyl sites for hydroxylation is 1. The molecule has 1 fully saturated rings. The highest BCUT2D eigenvalue weighted by molar-refractivity contribution is 7.99. The number of hydrogen-bond acceptors (Lipinski definition) is 5. The first-order chi connectivity index (χ1) is 11.9. The van der Waals surface area contributed by atoms with E-state index in [2.05, 4.69) is 15.6 Å². The van der Waals surface area contributed by atoms with Crippen molar-refractivity contribution in [2.75, 3.05) is 26.5 Å². The number of hydrogen-bond donors (Lipinski definition) is 0. The molecule has 138 valence electrons. The van der Waals surface area contributed by atoms with Crippen LogP contribution in [0.1, 0.15) is 43.5 Å². The van der Waals surface area contributed by atoms with Crippen molar-refractivity contribution >= 4 is 17.7 Å². The Morgan fingerprint density at radius 3 is 2.68 bits per heavy atom. The van der Waals surface area contributed by atoms with Crippen LogP contribution in [0.3, 0.4) is 0 Å². The molecule has 0 aliphatic heterocycles. The van der Waals surface area contributed by atoms with Crippen LogP contribution in [0, 0.1) is 25.2 Å². The lowest BCUT2D eigenvalue weighted by molar-refractivity contribution is -0.131. The van der Waals surface area contributed by atoms with Gasteiger partial charge >= 0.3 is 0 Å². The van der Waals surface area contributed by atoms with E-state index in [0.717, 1.165) is 55.2 Å². The fraction of sp³-hybridized carbons (Fsp3) is 0.722. The molecule has 1 aromatic rings. The fourth-order valence-electron chi connectivity index (χ4n) is 3.30. The molecule has 0 atom stereocenters. The van der Waals surface area contributed by atoms with E-state index < -0.39 is 5.54 Å². The molecule has 7 heteroatoms. The van der Waals surface area contributed by atoms with Gasteiger partial charge in [-0.15, -0.1) is 0 Å². The Labute approximate surface area is 154 Å². The number of amides is 1. The van der Waals surface area contributed by atoms with Gasteiger partial charge in [-0.3, -0.25) is 4.79 Å². The average Bonchev–Trinajstić information content (AvgIpc) is 2.91. The second-order valence-corrected chi connectivity index (χ2v) is 7.60. The number of carbonyl (C=O) groups is 1. The quantitative estimate of drug-likeness (QED) is 0.696. The molecule has 0 N–H and O–H groups in total. The highest BCUT2D eigenvalue weighted by Crippen LogP contribution is 2.33. The van der Waals surface area contributed by atoms with Gasteiger partial charge in [0.2, 0.25) is 5.91 Å². The summed E-state index contributed by atoms with van der Waals surface area (Å²) >= 11 is 1.44. The van der Waals surface area contributed by atoms with Crippen molar-refractivity contribution in [3.63, 3.8) is 0 Å². The van der Waals surface area contributed by atoms with Crippen LogP contribution in [0.15, 0.2) is 5.16 Å². The monoisotopic (exact) mass is 364 g/mol. The Morgan fingerprint density at radius 1 is 1.40 bits per heavy atom. The molecule has 1 aliphatic rings. The summed E-state index contributed by atoms with van der Waals surface area (Å²) in [7, 11) is 3.45. The van der Waals surface area contributed by atoms with Gasteiger partial charge in [0, 0.05) is 26.4 Å². The highest BCUT2D eigenvalue weighted by atomic mass is 32.2. The van der Waals surface area contributed by atoms with Gasteiger partial charge in [0.25, 0.3) is 0 Å². The third kappa shape index (κ3) is 4.36. The van der Waals surface area contributed by atoms with E-state index >= 15 is 0 Å². The molecule has 0 radical (unpaired) electrons. The van der Waals surface area contributed by atoms with Gasteiger partial charge < -0.3 is 14.2 Å². The van der Waals surface area contributed by atoms with Gasteiger partial charge in [0.15, 0.2) is 5.16 Å². The standard InChI is InChI=1S/C18H28N4O2S/c1-14-15(2)22(10-11-24-4)17(20-14)25-12-16(23)21(3)18(13-19)8-6-5-7-9-18/h5-12H2,1-4H3. The second kappa shape index (κ2) is 8.72. The normalized spacial score (nSPS) is 16.4. The van der Waals surface area contributed by atoms with Crippen molar-refractivity contribution in [1.82, 2.24) is 14.5 Å². The van der Waals surface area contributed by atoms with Gasteiger partial charge in [0.1, 0.15) is 5.54 Å². The molecule has 0 saturated heterocycles. The average molecular weight is 365 g/mol. The molecule has 1 heterocycles. The zero-order chi connectivity index (χ0) is 18.4. The SMILES string of the molecule is COCCn1c(SCC(=O)N(C)C2(C#N)CCCCC2)nc(C)c1C. The van der Waals surface area contributed by atoms with E-state index in [1.165, 1.54) is 11.8 Å². The summed E-state index contributed by atoms with van der Waals surface area (Å²) in [5.41, 5.74) is 1.44. The van der Waals surface area contributed by atoms with E-state index in [9.17, 15) is 10.1 Å². The van der Waals surface area contributed by atoms with Crippen molar-refractivity contribution < 1.29 is 9.53 Å². The summed E-state index contributed by atoms with van der Waals surface area (Å²) < 4.78 is 7.26. The number of methoxy groups -OCH3 is 1. The number of aromatic nitrogens is 2. The summed E-state index contributed by atoms with van der Waals surface area (Å²) in [4.78, 5) is 18.9. The lowest BCUT2D eigenvalue weighted by atomic mass is 9.81. The Kier molecular flexibility index (Phi) is 6.91. The minimum atomic E-state index is -0.632. The van der Waals surface area contributed by atoms with Crippen LogP contribution < -0.4 is 0 Å². The molecule has 1 aromatic heterocycles. The summed E-state index contributed by atoms with van der Waals surface area (Å²) in [6.07, 6.45) is 4.72. The predicted molar refractivity (Wildman–Crippen MR) is 98.5 cm³/mol. The highest BCUT2D eigenvalue weighted by Gasteiger charge is 2.38. The van der Waals surface area contributed by atoms with Crippen molar-refractivity contribution in [2.45, 2.75) is 63.2 Å². The number of nitrogens with zero attached hydrogens (tertiary/aromatic N) is 4. The van der Waals surface area contributed by atoms with E-state index in [-0.39, 0.29) is 5.91 Å². The number of rotatable bonds is 7. The van der Waals surface area contributed by atoms with Crippen LogP contribution in [0.25, 0.3) is 0 Å². The molecule has 25 heavy (non-hydrogen) atoms. The molecule has 6 nitrogen and oxygen atoms in total. The maximum absolute atomic E-state index is 12.7. The maximum atomic E-state index is 12.7. The van der Waals surface area contributed by atoms with Crippen molar-refractivity contribution in [3.8, 4) is 6.07 Å². The summed E-state index contributed by atoms with van der Waals surface area (Å²) in [6, 6.07) is 2.41. The lowest BCUT2D eigenvalue weighted by Crippen LogP contribution is -2.50. The number of ether oxygens (including phenoxy) is 1. The van der Waals surface area contributed by atoms with Gasteiger partial charge in [-0.25, -0.2) is 4.98 Å². The zero-order valence-corrected chi connectivity index (χ0v) is 16.5. The minimum Gasteiger partial charge on any atom is -0.383 e. The number of carbonyl (C=O) groups excluding carboxylic acids is 1. The van der Waals surface area contributed by atoms with Gasteiger partial charge in [-0.2, -0.15) is 5.26 Å². The largest absolute Gasteiger partial charge is 0.383 e. The minimum absolute atomic E-state index is 0.00922. The first-order valence-electron chi connectivity index (χ1n) is 8.78. The van der Waals surface area contributed by atoms with Crippen molar-refractivity contribution in [1.29, 1.82) is 5.26 Å². The van der Waals surface area contributed by atoms with Crippen molar-refractivity contribution in [2.24, 2.45) is 0 Å². The first kappa shape index (κ1) is 19.8. The third-order valence-corrected chi connectivity index (χ3v) is 6.13. The number of nitriles is 1. The van der Waals surface area contributed by atoms with Crippen LogP contribution in [-0.2, 0) is 16.1 Å². The maximum Gasteiger partial charge on any atom is 0.234 e. The molecule has 1 aliphatic carbocycles. The van der Waals surface area contributed by atoms with Crippen LogP contribution in [0.2, 0.25) is 0 Å². The van der Waals surface area contributed by atoms with E-state index in [0.29, 0.717) is 12.4 Å². The number of imidazole rings is 1. The second-order valence-electron chi connectivity index (χ2n) is 6.66. The van der Waals surface area contributed by atoms with Gasteiger partial charge in [-0.1, -0.05) is 31.0 Å². The lowest BCUT2D eigenvalue weighted by Gasteiger charge is -2.39. The van der Waals surface area contributed by atoms with E-state index in [4.69, 9.17) is 4.74 Å². The molecule has 1 saturated carbocycles. The molecule has 0 spiro atoms. The Morgan fingerprint density at radius 2 is 2.08 bits per heavy atom. The van der Waals surface area contributed by atoms with Crippen LogP contribution in [-0.4, -0.2) is 52.4 Å². The Bertz CT molecular complexity index is 644. The topological polar surface area (TPSA) is 71.2 Å².